The molecule has 4 nitrogen and oxygen atoms in total. The standard InChI is InChI=1S/C12H10BrN3OS2/c1-17-10-3-2-9-11(15-10)16(12(18)14-9)5-8-4-7(13)6-19-8/h2-4,6H,5H2,1H3,(H,14,18). The van der Waals surface area contributed by atoms with Crippen molar-refractivity contribution in [3.63, 3.8) is 0 Å². The number of hydrogen-bond donors (Lipinski definition) is 1. The second-order valence-electron chi connectivity index (χ2n) is 3.97. The highest BCUT2D eigenvalue weighted by Gasteiger charge is 2.09. The summed E-state index contributed by atoms with van der Waals surface area (Å²) in [5.74, 6) is 0.586. The van der Waals surface area contributed by atoms with Gasteiger partial charge in [0.2, 0.25) is 5.88 Å². The average Bonchev–Trinajstić information content (AvgIpc) is 2.94. The number of fused-ring (bicyclic) bond motifs is 1. The Labute approximate surface area is 127 Å². The monoisotopic (exact) mass is 355 g/mol. The van der Waals surface area contributed by atoms with Gasteiger partial charge in [-0.05, 0) is 40.3 Å². The largest absolute Gasteiger partial charge is 0.481 e. The third-order valence-corrected chi connectivity index (χ3v) is 4.74. The van der Waals surface area contributed by atoms with Gasteiger partial charge in [0.15, 0.2) is 10.4 Å². The zero-order valence-corrected chi connectivity index (χ0v) is 13.2. The first-order valence-electron chi connectivity index (χ1n) is 5.54. The molecule has 1 N–H and O–H groups in total. The number of imidazole rings is 1. The van der Waals surface area contributed by atoms with E-state index in [2.05, 4.69) is 37.3 Å². The Morgan fingerprint density at radius 2 is 2.37 bits per heavy atom. The predicted octanol–water partition coefficient (Wildman–Crippen LogP) is 3.97. The minimum atomic E-state index is 0.586. The number of nitrogens with zero attached hydrogens (tertiary/aromatic N) is 2. The van der Waals surface area contributed by atoms with E-state index in [9.17, 15) is 0 Å². The Balaban J connectivity index is 2.11. The van der Waals surface area contributed by atoms with E-state index in [1.165, 1.54) is 4.88 Å². The van der Waals surface area contributed by atoms with Crippen molar-refractivity contribution in [3.05, 3.63) is 37.7 Å². The van der Waals surface area contributed by atoms with Gasteiger partial charge in [-0.25, -0.2) is 0 Å². The van der Waals surface area contributed by atoms with Crippen molar-refractivity contribution in [1.82, 2.24) is 14.5 Å². The molecular formula is C12H10BrN3OS2. The Morgan fingerprint density at radius 1 is 1.53 bits per heavy atom. The molecule has 0 fully saturated rings. The fourth-order valence-corrected chi connectivity index (χ4v) is 3.57. The van der Waals surface area contributed by atoms with Crippen molar-refractivity contribution in [2.45, 2.75) is 6.54 Å². The lowest BCUT2D eigenvalue weighted by Gasteiger charge is -2.03. The van der Waals surface area contributed by atoms with Crippen LogP contribution in [0.4, 0.5) is 0 Å². The van der Waals surface area contributed by atoms with Gasteiger partial charge >= 0.3 is 0 Å². The fourth-order valence-electron chi connectivity index (χ4n) is 1.87. The van der Waals surface area contributed by atoms with Crippen LogP contribution in [-0.4, -0.2) is 21.6 Å². The molecule has 0 saturated carbocycles. The van der Waals surface area contributed by atoms with Crippen LogP contribution in [0.2, 0.25) is 0 Å². The molecule has 0 aliphatic rings. The predicted molar refractivity (Wildman–Crippen MR) is 82.6 cm³/mol. The van der Waals surface area contributed by atoms with Crippen LogP contribution in [0.1, 0.15) is 4.88 Å². The van der Waals surface area contributed by atoms with Crippen molar-refractivity contribution in [2.24, 2.45) is 0 Å². The molecule has 98 valence electrons. The van der Waals surface area contributed by atoms with Crippen LogP contribution in [0.3, 0.4) is 0 Å². The second-order valence-corrected chi connectivity index (χ2v) is 6.27. The summed E-state index contributed by atoms with van der Waals surface area (Å²) in [6.07, 6.45) is 0. The maximum absolute atomic E-state index is 5.36. The smallest absolute Gasteiger partial charge is 0.215 e. The van der Waals surface area contributed by atoms with Crippen molar-refractivity contribution in [1.29, 1.82) is 0 Å². The molecular weight excluding hydrogens is 346 g/mol. The highest BCUT2D eigenvalue weighted by atomic mass is 79.9. The zero-order valence-electron chi connectivity index (χ0n) is 10.0. The number of nitrogens with one attached hydrogen (secondary N) is 1. The van der Waals surface area contributed by atoms with E-state index >= 15 is 0 Å². The Bertz CT molecular complexity index is 790. The first kappa shape index (κ1) is 12.8. The van der Waals surface area contributed by atoms with E-state index < -0.39 is 0 Å². The highest BCUT2D eigenvalue weighted by Crippen LogP contribution is 2.23. The molecule has 3 rings (SSSR count). The summed E-state index contributed by atoms with van der Waals surface area (Å²) >= 11 is 10.5. The number of methoxy groups -OCH3 is 1. The lowest BCUT2D eigenvalue weighted by molar-refractivity contribution is 0.399. The molecule has 3 heterocycles. The minimum absolute atomic E-state index is 0.586. The first-order valence-corrected chi connectivity index (χ1v) is 7.62. The second kappa shape index (κ2) is 5.07. The molecule has 0 unspecified atom stereocenters. The van der Waals surface area contributed by atoms with Gasteiger partial charge in [0, 0.05) is 20.8 Å². The van der Waals surface area contributed by atoms with Crippen LogP contribution in [0.15, 0.2) is 28.1 Å². The molecule has 0 aliphatic heterocycles. The number of pyridine rings is 1. The van der Waals surface area contributed by atoms with E-state index in [1.54, 1.807) is 18.4 Å². The van der Waals surface area contributed by atoms with Crippen molar-refractivity contribution >= 4 is 50.6 Å². The van der Waals surface area contributed by atoms with Crippen LogP contribution in [-0.2, 0) is 6.54 Å². The number of H-pyrrole nitrogens is 1. The number of aromatic amines is 1. The Kier molecular flexibility index (Phi) is 3.42. The number of aromatic nitrogens is 3. The Hall–Kier alpha value is -1.18. The van der Waals surface area contributed by atoms with Crippen LogP contribution in [0.25, 0.3) is 11.2 Å². The topological polar surface area (TPSA) is 42.8 Å². The van der Waals surface area contributed by atoms with E-state index in [0.717, 1.165) is 15.6 Å². The van der Waals surface area contributed by atoms with Crippen LogP contribution in [0, 0.1) is 4.77 Å². The van der Waals surface area contributed by atoms with Gasteiger partial charge in [0.25, 0.3) is 0 Å². The summed E-state index contributed by atoms with van der Waals surface area (Å²) in [6.45, 7) is 0.704. The normalized spacial score (nSPS) is 11.1. The lowest BCUT2D eigenvalue weighted by Crippen LogP contribution is -1.99. The SMILES string of the molecule is COc1ccc2[nH]c(=S)n(Cc3cc(Br)cs3)c2n1. The summed E-state index contributed by atoms with van der Waals surface area (Å²) in [4.78, 5) is 8.83. The molecule has 0 aliphatic carbocycles. The first-order chi connectivity index (χ1) is 9.17. The van der Waals surface area contributed by atoms with Gasteiger partial charge in [-0.15, -0.1) is 11.3 Å². The number of hydrogen-bond acceptors (Lipinski definition) is 4. The fraction of sp³-hybridized carbons (Fsp3) is 0.167. The van der Waals surface area contributed by atoms with Crippen LogP contribution < -0.4 is 4.74 Å². The summed E-state index contributed by atoms with van der Waals surface area (Å²) in [5, 5.41) is 2.06. The molecule has 0 aromatic carbocycles. The maximum Gasteiger partial charge on any atom is 0.215 e. The van der Waals surface area contributed by atoms with Gasteiger partial charge in [-0.3, -0.25) is 4.57 Å². The summed E-state index contributed by atoms with van der Waals surface area (Å²) in [6, 6.07) is 5.84. The van der Waals surface area contributed by atoms with E-state index in [4.69, 9.17) is 17.0 Å². The minimum Gasteiger partial charge on any atom is -0.481 e. The van der Waals surface area contributed by atoms with E-state index in [1.807, 2.05) is 16.7 Å². The summed E-state index contributed by atoms with van der Waals surface area (Å²) < 4.78 is 8.90. The molecule has 0 spiro atoms. The molecule has 0 bridgehead atoms. The van der Waals surface area contributed by atoms with Crippen LogP contribution >= 0.6 is 39.5 Å². The lowest BCUT2D eigenvalue weighted by atomic mass is 10.4. The zero-order chi connectivity index (χ0) is 13.4. The van der Waals surface area contributed by atoms with E-state index in [-0.39, 0.29) is 0 Å². The number of rotatable bonds is 3. The molecule has 7 heteroatoms. The summed E-state index contributed by atoms with van der Waals surface area (Å²) in [5.41, 5.74) is 1.73. The molecule has 0 amide bonds. The molecule has 3 aromatic rings. The average molecular weight is 356 g/mol. The van der Waals surface area contributed by atoms with Crippen molar-refractivity contribution in [3.8, 4) is 5.88 Å². The quantitative estimate of drug-likeness (QED) is 0.722. The van der Waals surface area contributed by atoms with Crippen molar-refractivity contribution in [2.75, 3.05) is 7.11 Å². The molecule has 0 radical (unpaired) electrons. The van der Waals surface area contributed by atoms with Gasteiger partial charge in [-0.2, -0.15) is 4.98 Å². The highest BCUT2D eigenvalue weighted by molar-refractivity contribution is 9.10. The van der Waals surface area contributed by atoms with Gasteiger partial charge in [0.1, 0.15) is 0 Å². The Morgan fingerprint density at radius 3 is 3.05 bits per heavy atom. The third kappa shape index (κ3) is 2.45. The molecule has 0 atom stereocenters. The summed E-state index contributed by atoms with van der Waals surface area (Å²) in [7, 11) is 1.61. The van der Waals surface area contributed by atoms with Gasteiger partial charge in [-0.1, -0.05) is 0 Å². The molecule has 3 aromatic heterocycles. The molecule has 19 heavy (non-hydrogen) atoms. The number of ether oxygens (including phenoxy) is 1. The number of halogens is 1. The van der Waals surface area contributed by atoms with Gasteiger partial charge < -0.3 is 9.72 Å². The number of thiophene rings is 1. The van der Waals surface area contributed by atoms with E-state index in [0.29, 0.717) is 17.2 Å². The third-order valence-electron chi connectivity index (χ3n) is 2.74. The van der Waals surface area contributed by atoms with Crippen molar-refractivity contribution < 1.29 is 4.74 Å². The maximum atomic E-state index is 5.36. The van der Waals surface area contributed by atoms with Crippen LogP contribution in [0.5, 0.6) is 5.88 Å². The van der Waals surface area contributed by atoms with Gasteiger partial charge in [0.05, 0.1) is 19.2 Å². The molecule has 0 saturated heterocycles.